The van der Waals surface area contributed by atoms with Gasteiger partial charge in [0.05, 0.1) is 31.2 Å². The van der Waals surface area contributed by atoms with Crippen LogP contribution < -0.4 is 25.6 Å². The molecule has 0 atom stereocenters. The predicted octanol–water partition coefficient (Wildman–Crippen LogP) is 1.31. The maximum absolute atomic E-state index is 11.3. The fourth-order valence-corrected chi connectivity index (χ4v) is 2.93. The van der Waals surface area contributed by atoms with E-state index in [4.69, 9.17) is 10.5 Å². The lowest BCUT2D eigenvalue weighted by molar-refractivity contribution is -0.114. The summed E-state index contributed by atoms with van der Waals surface area (Å²) in [5.74, 6) is 1.58. The first-order valence-corrected chi connectivity index (χ1v) is 8.30. The van der Waals surface area contributed by atoms with E-state index in [9.17, 15) is 4.79 Å². The van der Waals surface area contributed by atoms with E-state index in [0.29, 0.717) is 5.69 Å². The number of aromatic nitrogens is 1. The van der Waals surface area contributed by atoms with Gasteiger partial charge in [-0.2, -0.15) is 0 Å². The van der Waals surface area contributed by atoms with E-state index in [2.05, 4.69) is 26.2 Å². The zero-order chi connectivity index (χ0) is 17.6. The molecule has 25 heavy (non-hydrogen) atoms. The SMILES string of the molecule is COc1ccccc1N1CCN(c2ccc(NC(=O)CN)cn2)CC1. The molecule has 0 bridgehead atoms. The lowest BCUT2D eigenvalue weighted by atomic mass is 10.2. The summed E-state index contributed by atoms with van der Waals surface area (Å²) in [6.07, 6.45) is 1.66. The third kappa shape index (κ3) is 4.00. The second-order valence-corrected chi connectivity index (χ2v) is 5.80. The number of hydrogen-bond acceptors (Lipinski definition) is 6. The Morgan fingerprint density at radius 2 is 1.88 bits per heavy atom. The number of piperazine rings is 1. The van der Waals surface area contributed by atoms with Gasteiger partial charge in [0.2, 0.25) is 5.91 Å². The number of benzene rings is 1. The van der Waals surface area contributed by atoms with Crippen molar-refractivity contribution in [3.05, 3.63) is 42.6 Å². The molecular formula is C18H23N5O2. The summed E-state index contributed by atoms with van der Waals surface area (Å²) < 4.78 is 5.45. The van der Waals surface area contributed by atoms with Crippen LogP contribution in [-0.2, 0) is 4.79 Å². The van der Waals surface area contributed by atoms with Crippen molar-refractivity contribution in [1.82, 2.24) is 4.98 Å². The zero-order valence-corrected chi connectivity index (χ0v) is 14.3. The molecule has 1 aliphatic heterocycles. The number of carbonyl (C=O) groups excluding carboxylic acids is 1. The maximum atomic E-state index is 11.3. The maximum Gasteiger partial charge on any atom is 0.238 e. The van der Waals surface area contributed by atoms with Gasteiger partial charge in [-0.3, -0.25) is 4.79 Å². The number of anilines is 3. The molecule has 0 saturated carbocycles. The Bertz CT molecular complexity index is 712. The number of rotatable bonds is 5. The van der Waals surface area contributed by atoms with Crippen molar-refractivity contribution in [2.24, 2.45) is 5.73 Å². The molecule has 3 N–H and O–H groups in total. The van der Waals surface area contributed by atoms with Crippen LogP contribution >= 0.6 is 0 Å². The molecular weight excluding hydrogens is 318 g/mol. The first-order valence-electron chi connectivity index (χ1n) is 8.30. The molecule has 0 spiro atoms. The average molecular weight is 341 g/mol. The number of pyridine rings is 1. The molecule has 0 unspecified atom stereocenters. The molecule has 7 nitrogen and oxygen atoms in total. The summed E-state index contributed by atoms with van der Waals surface area (Å²) in [6.45, 7) is 3.51. The Hall–Kier alpha value is -2.80. The van der Waals surface area contributed by atoms with E-state index in [0.717, 1.165) is 43.4 Å². The largest absolute Gasteiger partial charge is 0.495 e. The van der Waals surface area contributed by atoms with Crippen LogP contribution in [0.25, 0.3) is 0 Å². The van der Waals surface area contributed by atoms with Crippen LogP contribution in [-0.4, -0.2) is 50.7 Å². The van der Waals surface area contributed by atoms with Crippen molar-refractivity contribution in [2.75, 3.05) is 55.0 Å². The van der Waals surface area contributed by atoms with E-state index < -0.39 is 0 Å². The number of ether oxygens (including phenoxy) is 1. The lowest BCUT2D eigenvalue weighted by Gasteiger charge is -2.37. The number of methoxy groups -OCH3 is 1. The molecule has 3 rings (SSSR count). The monoisotopic (exact) mass is 341 g/mol. The van der Waals surface area contributed by atoms with Gasteiger partial charge in [-0.1, -0.05) is 12.1 Å². The second-order valence-electron chi connectivity index (χ2n) is 5.80. The highest BCUT2D eigenvalue weighted by Crippen LogP contribution is 2.29. The van der Waals surface area contributed by atoms with Gasteiger partial charge in [0, 0.05) is 26.2 Å². The van der Waals surface area contributed by atoms with E-state index in [1.54, 1.807) is 13.3 Å². The second kappa shape index (κ2) is 7.85. The zero-order valence-electron chi connectivity index (χ0n) is 14.3. The summed E-state index contributed by atoms with van der Waals surface area (Å²) in [4.78, 5) is 20.3. The minimum Gasteiger partial charge on any atom is -0.495 e. The Morgan fingerprint density at radius 3 is 2.52 bits per heavy atom. The van der Waals surface area contributed by atoms with Gasteiger partial charge in [0.25, 0.3) is 0 Å². The standard InChI is InChI=1S/C18H23N5O2/c1-25-16-5-3-2-4-15(16)22-8-10-23(11-9-22)17-7-6-14(13-20-17)21-18(24)12-19/h2-7,13H,8-12,19H2,1H3,(H,21,24). The van der Waals surface area contributed by atoms with Crippen LogP contribution in [0.3, 0.4) is 0 Å². The predicted molar refractivity (Wildman–Crippen MR) is 99.3 cm³/mol. The van der Waals surface area contributed by atoms with E-state index in [1.165, 1.54) is 0 Å². The summed E-state index contributed by atoms with van der Waals surface area (Å²) >= 11 is 0. The fourth-order valence-electron chi connectivity index (χ4n) is 2.93. The Morgan fingerprint density at radius 1 is 1.16 bits per heavy atom. The van der Waals surface area contributed by atoms with Crippen molar-refractivity contribution in [3.8, 4) is 5.75 Å². The molecule has 1 fully saturated rings. The van der Waals surface area contributed by atoms with Gasteiger partial charge in [0.1, 0.15) is 11.6 Å². The van der Waals surface area contributed by atoms with E-state index >= 15 is 0 Å². The molecule has 1 amide bonds. The molecule has 0 aliphatic carbocycles. The number of carbonyl (C=O) groups is 1. The molecule has 2 heterocycles. The fraction of sp³-hybridized carbons (Fsp3) is 0.333. The molecule has 0 radical (unpaired) electrons. The number of hydrogen-bond donors (Lipinski definition) is 2. The van der Waals surface area contributed by atoms with Gasteiger partial charge >= 0.3 is 0 Å². The van der Waals surface area contributed by atoms with E-state index in [-0.39, 0.29) is 12.5 Å². The molecule has 1 aromatic heterocycles. The summed E-state index contributed by atoms with van der Waals surface area (Å²) in [6, 6.07) is 11.8. The van der Waals surface area contributed by atoms with Crippen LogP contribution in [0.4, 0.5) is 17.2 Å². The van der Waals surface area contributed by atoms with Gasteiger partial charge in [0.15, 0.2) is 0 Å². The molecule has 132 valence electrons. The Balaban J connectivity index is 1.61. The van der Waals surface area contributed by atoms with Crippen LogP contribution in [0.15, 0.2) is 42.6 Å². The summed E-state index contributed by atoms with van der Waals surface area (Å²) in [7, 11) is 1.70. The molecule has 7 heteroatoms. The van der Waals surface area contributed by atoms with Crippen LogP contribution in [0, 0.1) is 0 Å². The minimum absolute atomic E-state index is 0.0351. The first kappa shape index (κ1) is 17.0. The summed E-state index contributed by atoms with van der Waals surface area (Å²) in [5, 5.41) is 2.70. The quantitative estimate of drug-likeness (QED) is 0.853. The normalized spacial score (nSPS) is 14.3. The summed E-state index contributed by atoms with van der Waals surface area (Å²) in [5.41, 5.74) is 7.08. The third-order valence-corrected chi connectivity index (χ3v) is 4.25. The highest BCUT2D eigenvalue weighted by Gasteiger charge is 2.20. The molecule has 2 aromatic rings. The average Bonchev–Trinajstić information content (AvgIpc) is 2.68. The number of nitrogens with one attached hydrogen (secondary N) is 1. The number of nitrogens with two attached hydrogens (primary N) is 1. The minimum atomic E-state index is -0.222. The first-order chi connectivity index (χ1) is 12.2. The van der Waals surface area contributed by atoms with E-state index in [1.807, 2.05) is 30.3 Å². The molecule has 1 aromatic carbocycles. The number of amides is 1. The van der Waals surface area contributed by atoms with Crippen LogP contribution in [0.1, 0.15) is 0 Å². The topological polar surface area (TPSA) is 83.7 Å². The van der Waals surface area contributed by atoms with Crippen molar-refractivity contribution in [2.45, 2.75) is 0 Å². The van der Waals surface area contributed by atoms with Crippen molar-refractivity contribution in [1.29, 1.82) is 0 Å². The Kier molecular flexibility index (Phi) is 5.35. The highest BCUT2D eigenvalue weighted by molar-refractivity contribution is 5.91. The number of para-hydroxylation sites is 2. The van der Waals surface area contributed by atoms with Crippen LogP contribution in [0.2, 0.25) is 0 Å². The Labute approximate surface area is 147 Å². The van der Waals surface area contributed by atoms with Gasteiger partial charge in [-0.25, -0.2) is 4.98 Å². The van der Waals surface area contributed by atoms with Gasteiger partial charge in [-0.15, -0.1) is 0 Å². The van der Waals surface area contributed by atoms with Gasteiger partial charge in [-0.05, 0) is 24.3 Å². The van der Waals surface area contributed by atoms with Gasteiger partial charge < -0.3 is 25.6 Å². The third-order valence-electron chi connectivity index (χ3n) is 4.25. The molecule has 1 saturated heterocycles. The van der Waals surface area contributed by atoms with Crippen molar-refractivity contribution in [3.63, 3.8) is 0 Å². The van der Waals surface area contributed by atoms with Crippen LogP contribution in [0.5, 0.6) is 5.75 Å². The number of nitrogens with zero attached hydrogens (tertiary/aromatic N) is 3. The van der Waals surface area contributed by atoms with Crippen molar-refractivity contribution < 1.29 is 9.53 Å². The molecule has 1 aliphatic rings. The highest BCUT2D eigenvalue weighted by atomic mass is 16.5. The van der Waals surface area contributed by atoms with Crippen molar-refractivity contribution >= 4 is 23.1 Å². The lowest BCUT2D eigenvalue weighted by Crippen LogP contribution is -2.46. The smallest absolute Gasteiger partial charge is 0.238 e.